The van der Waals surface area contributed by atoms with E-state index in [4.69, 9.17) is 23.2 Å². The third-order valence-corrected chi connectivity index (χ3v) is 7.00. The molecule has 4 rings (SSSR count). The fourth-order valence-electron chi connectivity index (χ4n) is 4.28. The summed E-state index contributed by atoms with van der Waals surface area (Å²) in [6.07, 6.45) is 2.26. The van der Waals surface area contributed by atoms with Crippen molar-refractivity contribution in [2.24, 2.45) is 0 Å². The standard InChI is InChI=1S/2C16H19ClN2O2.2Fe.2H2O/c2*17-9-15(20)12-19(11-14-6-3-4-8-18-14)10-13-5-1-2-7-16(13)21;;;;/h2*1-8,15,20-21H,9-12H2;;;2*1H2. The third-order valence-electron chi connectivity index (χ3n) is 6.29. The fraction of sp³-hybridized carbons (Fsp3) is 0.312. The van der Waals surface area contributed by atoms with E-state index in [9.17, 15) is 20.4 Å². The number of aliphatic hydroxyl groups excluding tert-OH is 2. The average molecular weight is 761 g/mol. The Balaban J connectivity index is 0. The van der Waals surface area contributed by atoms with Crippen LogP contribution in [0.15, 0.2) is 97.3 Å². The molecule has 0 fully saturated rings. The quantitative estimate of drug-likeness (QED) is 0.112. The van der Waals surface area contributed by atoms with E-state index in [1.165, 1.54) is 0 Å². The molecule has 2 heterocycles. The van der Waals surface area contributed by atoms with E-state index in [1.54, 1.807) is 36.7 Å². The van der Waals surface area contributed by atoms with Crippen molar-refractivity contribution in [3.63, 3.8) is 0 Å². The van der Waals surface area contributed by atoms with Crippen LogP contribution < -0.4 is 0 Å². The summed E-state index contributed by atoms with van der Waals surface area (Å²) in [5, 5.41) is 39.4. The van der Waals surface area contributed by atoms with Crippen molar-refractivity contribution < 1.29 is 65.5 Å². The number of rotatable bonds is 14. The number of nitrogens with zero attached hydrogens (tertiary/aromatic N) is 4. The van der Waals surface area contributed by atoms with Gasteiger partial charge in [0.25, 0.3) is 0 Å². The predicted molar refractivity (Wildman–Crippen MR) is 174 cm³/mol. The smallest absolute Gasteiger partial charge is 0.120 e. The van der Waals surface area contributed by atoms with Gasteiger partial charge in [0.1, 0.15) is 11.5 Å². The molecule has 8 N–H and O–H groups in total. The number of aromatic hydroxyl groups is 2. The van der Waals surface area contributed by atoms with E-state index >= 15 is 0 Å². The van der Waals surface area contributed by atoms with Crippen molar-refractivity contribution in [3.05, 3.63) is 120 Å². The van der Waals surface area contributed by atoms with Gasteiger partial charge in [-0.3, -0.25) is 19.8 Å². The average Bonchev–Trinajstić information content (AvgIpc) is 3.00. The number of halogens is 2. The molecule has 46 heavy (non-hydrogen) atoms. The predicted octanol–water partition coefficient (Wildman–Crippen LogP) is 3.12. The van der Waals surface area contributed by atoms with Crippen molar-refractivity contribution in [2.75, 3.05) is 24.8 Å². The SMILES string of the molecule is O.O.Oc1ccccc1CN(Cc1ccccn1)CC(O)CCl.Oc1ccccc1CN(Cc1ccccn1)CC(O)CCl.[Fe].[Fe]. The number of phenolic OH excluding ortho intramolecular Hbond substituents is 2. The number of para-hydroxylation sites is 2. The summed E-state index contributed by atoms with van der Waals surface area (Å²) in [4.78, 5) is 12.6. The van der Waals surface area contributed by atoms with Crippen molar-refractivity contribution in [3.8, 4) is 11.5 Å². The second-order valence-electron chi connectivity index (χ2n) is 9.86. The Morgan fingerprint density at radius 2 is 0.891 bits per heavy atom. The number of aliphatic hydroxyl groups is 2. The van der Waals surface area contributed by atoms with Crippen molar-refractivity contribution in [2.45, 2.75) is 38.4 Å². The summed E-state index contributed by atoms with van der Waals surface area (Å²) in [5.41, 5.74) is 3.45. The minimum atomic E-state index is -0.610. The Morgan fingerprint density at radius 1 is 0.543 bits per heavy atom. The van der Waals surface area contributed by atoms with Crippen LogP contribution in [-0.2, 0) is 60.3 Å². The first kappa shape index (κ1) is 45.8. The summed E-state index contributed by atoms with van der Waals surface area (Å²) in [7, 11) is 0. The number of pyridine rings is 2. The van der Waals surface area contributed by atoms with Crippen molar-refractivity contribution in [1.29, 1.82) is 0 Å². The Labute approximate surface area is 301 Å². The maximum absolute atomic E-state index is 9.89. The molecule has 2 aromatic heterocycles. The number of benzene rings is 2. The summed E-state index contributed by atoms with van der Waals surface area (Å²) in [6.45, 7) is 3.07. The third kappa shape index (κ3) is 17.0. The van der Waals surface area contributed by atoms with Crippen LogP contribution in [0.3, 0.4) is 0 Å². The molecule has 10 nitrogen and oxygen atoms in total. The van der Waals surface area contributed by atoms with Gasteiger partial charge >= 0.3 is 0 Å². The van der Waals surface area contributed by atoms with Gasteiger partial charge in [0.15, 0.2) is 0 Å². The number of hydrogen-bond acceptors (Lipinski definition) is 8. The van der Waals surface area contributed by atoms with E-state index < -0.39 is 12.2 Å². The molecule has 2 atom stereocenters. The molecule has 0 aliphatic heterocycles. The van der Waals surface area contributed by atoms with E-state index in [0.29, 0.717) is 39.3 Å². The fourth-order valence-corrected chi connectivity index (χ4v) is 4.47. The van der Waals surface area contributed by atoms with Crippen LogP contribution in [0.25, 0.3) is 0 Å². The summed E-state index contributed by atoms with van der Waals surface area (Å²) >= 11 is 11.4. The monoisotopic (exact) mass is 760 g/mol. The van der Waals surface area contributed by atoms with Gasteiger partial charge in [0.05, 0.1) is 23.6 Å². The molecule has 0 bridgehead atoms. The molecule has 14 heteroatoms. The molecule has 0 saturated carbocycles. The molecule has 2 unspecified atom stereocenters. The normalized spacial score (nSPS) is 11.4. The Kier molecular flexibility index (Phi) is 25.7. The van der Waals surface area contributed by atoms with Gasteiger partial charge in [-0.25, -0.2) is 0 Å². The van der Waals surface area contributed by atoms with Gasteiger partial charge in [0, 0.05) is 109 Å². The van der Waals surface area contributed by atoms with Crippen molar-refractivity contribution in [1.82, 2.24) is 19.8 Å². The van der Waals surface area contributed by atoms with E-state index in [1.807, 2.05) is 70.5 Å². The molecule has 4 aromatic rings. The van der Waals surface area contributed by atoms with Crippen LogP contribution in [0.5, 0.6) is 11.5 Å². The second kappa shape index (κ2) is 25.8. The zero-order chi connectivity index (χ0) is 30.2. The van der Waals surface area contributed by atoms with Gasteiger partial charge in [-0.05, 0) is 36.4 Å². The van der Waals surface area contributed by atoms with Crippen LogP contribution in [0.4, 0.5) is 0 Å². The Hall–Kier alpha value is -2.28. The second-order valence-corrected chi connectivity index (χ2v) is 10.5. The topological polar surface area (TPSA) is 176 Å². The number of hydrogen-bond donors (Lipinski definition) is 4. The molecule has 0 spiro atoms. The zero-order valence-electron chi connectivity index (χ0n) is 25.1. The van der Waals surface area contributed by atoms with E-state index in [0.717, 1.165) is 22.5 Å². The minimum absolute atomic E-state index is 0. The van der Waals surface area contributed by atoms with Gasteiger partial charge in [-0.1, -0.05) is 48.5 Å². The molecule has 256 valence electrons. The molecule has 0 radical (unpaired) electrons. The molecular formula is C32H42Cl2Fe2N4O6. The zero-order valence-corrected chi connectivity index (χ0v) is 28.8. The number of alkyl halides is 2. The molecule has 0 amide bonds. The van der Waals surface area contributed by atoms with Crippen molar-refractivity contribution >= 4 is 23.2 Å². The van der Waals surface area contributed by atoms with E-state index in [2.05, 4.69) is 9.97 Å². The molecule has 0 saturated heterocycles. The molecule has 0 aliphatic carbocycles. The van der Waals surface area contributed by atoms with Crippen LogP contribution >= 0.6 is 23.2 Å². The van der Waals surface area contributed by atoms with Gasteiger partial charge in [-0.15, -0.1) is 23.2 Å². The maximum atomic E-state index is 9.89. The maximum Gasteiger partial charge on any atom is 0.120 e. The first-order valence-electron chi connectivity index (χ1n) is 13.6. The molecule has 0 aliphatic rings. The molecular weight excluding hydrogens is 719 g/mol. The summed E-state index contributed by atoms with van der Waals surface area (Å²) in [5.74, 6) is 0.867. The van der Waals surface area contributed by atoms with Gasteiger partial charge < -0.3 is 31.4 Å². The minimum Gasteiger partial charge on any atom is -0.508 e. The van der Waals surface area contributed by atoms with Crippen LogP contribution in [0.2, 0.25) is 0 Å². The first-order valence-corrected chi connectivity index (χ1v) is 14.7. The first-order chi connectivity index (χ1) is 20.4. The largest absolute Gasteiger partial charge is 0.508 e. The van der Waals surface area contributed by atoms with Crippen LogP contribution in [0, 0.1) is 0 Å². The Bertz CT molecular complexity index is 1220. The summed E-state index contributed by atoms with van der Waals surface area (Å²) < 4.78 is 0. The van der Waals surface area contributed by atoms with Crippen LogP contribution in [0.1, 0.15) is 22.5 Å². The van der Waals surface area contributed by atoms with Gasteiger partial charge in [-0.2, -0.15) is 0 Å². The molecule has 2 aromatic carbocycles. The van der Waals surface area contributed by atoms with E-state index in [-0.39, 0.29) is 68.3 Å². The number of aromatic nitrogens is 2. The number of phenols is 2. The van der Waals surface area contributed by atoms with Crippen LogP contribution in [-0.4, -0.2) is 88.2 Å². The Morgan fingerprint density at radius 3 is 1.20 bits per heavy atom. The summed E-state index contributed by atoms with van der Waals surface area (Å²) in [6, 6.07) is 25.9. The van der Waals surface area contributed by atoms with Gasteiger partial charge in [0.2, 0.25) is 0 Å².